The van der Waals surface area contributed by atoms with Crippen LogP contribution in [0.3, 0.4) is 0 Å². The molecule has 5 saturated carbocycles. The van der Waals surface area contributed by atoms with Crippen molar-refractivity contribution < 1.29 is 33.6 Å². The van der Waals surface area contributed by atoms with E-state index in [0.717, 1.165) is 38.5 Å². The third-order valence-corrected chi connectivity index (χ3v) is 16.0. The van der Waals surface area contributed by atoms with Gasteiger partial charge in [-0.3, -0.25) is 4.90 Å². The van der Waals surface area contributed by atoms with Crippen LogP contribution in [0.15, 0.2) is 0 Å². The van der Waals surface area contributed by atoms with Crippen LogP contribution < -0.4 is 5.32 Å². The third-order valence-electron chi connectivity index (χ3n) is 16.0. The smallest absolute Gasteiger partial charge is 0.407 e. The molecule has 2 aliphatic heterocycles. The molecule has 0 aromatic carbocycles. The zero-order chi connectivity index (χ0) is 33.9. The van der Waals surface area contributed by atoms with E-state index in [1.807, 2.05) is 11.8 Å². The van der Waals surface area contributed by atoms with Crippen LogP contribution in [0.2, 0.25) is 0 Å². The molecular weight excluding hydrogens is 599 g/mol. The number of rotatable bonds is 8. The Labute approximate surface area is 282 Å². The van der Waals surface area contributed by atoms with E-state index >= 15 is 0 Å². The fraction of sp³-hybridized carbons (Fsp3) is 0.974. The maximum absolute atomic E-state index is 13.1. The van der Waals surface area contributed by atoms with Crippen molar-refractivity contribution in [2.45, 2.75) is 149 Å². The van der Waals surface area contributed by atoms with Crippen molar-refractivity contribution in [1.82, 2.24) is 10.2 Å². The second-order valence-corrected chi connectivity index (χ2v) is 18.8. The molecule has 268 valence electrons. The lowest BCUT2D eigenvalue weighted by atomic mass is 9.41. The number of alkyl halides is 1. The third kappa shape index (κ3) is 4.78. The minimum atomic E-state index is -1.04. The summed E-state index contributed by atoms with van der Waals surface area (Å²) in [5.74, 6) is 1.53. The highest BCUT2D eigenvalue weighted by atomic mass is 19.1. The van der Waals surface area contributed by atoms with Gasteiger partial charge in [0.25, 0.3) is 0 Å². The number of hydrogen-bond donors (Lipinski definition) is 3. The van der Waals surface area contributed by atoms with Gasteiger partial charge in [-0.05, 0) is 112 Å². The van der Waals surface area contributed by atoms with Crippen LogP contribution in [-0.4, -0.2) is 96.3 Å². The number of hydrogen-bond acceptors (Lipinski definition) is 7. The Morgan fingerprint density at radius 2 is 1.77 bits per heavy atom. The van der Waals surface area contributed by atoms with Crippen molar-refractivity contribution in [3.63, 3.8) is 0 Å². The second kappa shape index (κ2) is 11.2. The number of nitrogens with one attached hydrogen (secondary N) is 1. The van der Waals surface area contributed by atoms with Crippen molar-refractivity contribution in [1.29, 1.82) is 0 Å². The van der Waals surface area contributed by atoms with E-state index in [-0.39, 0.29) is 57.4 Å². The summed E-state index contributed by atoms with van der Waals surface area (Å²) in [6, 6.07) is 0. The van der Waals surface area contributed by atoms with Gasteiger partial charge in [0.1, 0.15) is 18.4 Å². The lowest BCUT2D eigenvalue weighted by Gasteiger charge is -2.63. The first-order chi connectivity index (χ1) is 22.0. The molecule has 13 atom stereocenters. The summed E-state index contributed by atoms with van der Waals surface area (Å²) in [6.07, 6.45) is 5.77. The van der Waals surface area contributed by atoms with Gasteiger partial charge in [-0.25, -0.2) is 9.18 Å². The quantitative estimate of drug-likeness (QED) is 0.306. The molecule has 5 aliphatic carbocycles. The summed E-state index contributed by atoms with van der Waals surface area (Å²) in [5, 5.41) is 26.5. The molecule has 0 aromatic heterocycles. The molecule has 7 fully saturated rings. The standard InChI is InChI=1S/C38H63FN2O6/c1-9-45-31(34(5,6)44)24-18-22(2)28-29(46-24)30(42)36(8)26-11-10-25-33(3,4)27(47-32(43)40-16-17-41-19-23(39)20-41)12-13-37(25)21-38(26,37)15-14-35(28,36)7/h22-31,42,44H,9-21H2,1-8H3,(H,40,43)/t22-,24?,25+,26?,27+,28+,29?,30+,31+,35-,36-,37-,38?/m1/s1. The van der Waals surface area contributed by atoms with E-state index in [9.17, 15) is 19.4 Å². The summed E-state index contributed by atoms with van der Waals surface area (Å²) in [4.78, 5) is 14.9. The van der Waals surface area contributed by atoms with Gasteiger partial charge in [0.05, 0.1) is 23.9 Å². The second-order valence-electron chi connectivity index (χ2n) is 18.8. The number of ether oxygens (including phenoxy) is 3. The fourth-order valence-corrected chi connectivity index (χ4v) is 13.8. The molecule has 8 nitrogen and oxygen atoms in total. The van der Waals surface area contributed by atoms with Gasteiger partial charge in [-0.15, -0.1) is 0 Å². The number of likely N-dealkylation sites (tertiary alicyclic amines) is 1. The molecule has 0 aromatic rings. The number of nitrogens with zero attached hydrogens (tertiary/aromatic N) is 1. The highest BCUT2D eigenvalue weighted by Gasteiger charge is 2.84. The Balaban J connectivity index is 1.08. The SMILES string of the molecule is CCO[C@@H](C1C[C@@H](C)[C@H]2C(O1)[C@H](O)[C@@]1(C)C3CC[C@H]4C(C)(C)[C@@H](OC(=O)NCCN5CC(F)C5)CC[C@@]45CC35CC[C@]21C)C(C)(C)O. The van der Waals surface area contributed by atoms with Crippen molar-refractivity contribution in [2.24, 2.45) is 50.7 Å². The van der Waals surface area contributed by atoms with Crippen LogP contribution in [0.5, 0.6) is 0 Å². The summed E-state index contributed by atoms with van der Waals surface area (Å²) in [5.41, 5.74) is -1.00. The first kappa shape index (κ1) is 34.4. The topological polar surface area (TPSA) is 100 Å². The van der Waals surface area contributed by atoms with E-state index in [1.54, 1.807) is 13.8 Å². The molecule has 47 heavy (non-hydrogen) atoms. The van der Waals surface area contributed by atoms with Gasteiger partial charge in [-0.2, -0.15) is 0 Å². The molecule has 0 radical (unpaired) electrons. The van der Waals surface area contributed by atoms with Crippen molar-refractivity contribution in [3.05, 3.63) is 0 Å². The van der Waals surface area contributed by atoms with Gasteiger partial charge in [0.2, 0.25) is 0 Å². The first-order valence-corrected chi connectivity index (χ1v) is 18.9. The van der Waals surface area contributed by atoms with E-state index < -0.39 is 24.0 Å². The zero-order valence-corrected chi connectivity index (χ0v) is 30.3. The molecule has 2 heterocycles. The predicted molar refractivity (Wildman–Crippen MR) is 177 cm³/mol. The lowest BCUT2D eigenvalue weighted by molar-refractivity contribution is -0.215. The van der Waals surface area contributed by atoms with Crippen LogP contribution in [0.25, 0.3) is 0 Å². The van der Waals surface area contributed by atoms with Gasteiger partial charge in [0.15, 0.2) is 0 Å². The van der Waals surface area contributed by atoms with Crippen LogP contribution in [0.4, 0.5) is 9.18 Å². The van der Waals surface area contributed by atoms with Crippen LogP contribution in [0.1, 0.15) is 107 Å². The maximum Gasteiger partial charge on any atom is 0.407 e. The average molecular weight is 663 g/mol. The van der Waals surface area contributed by atoms with E-state index in [2.05, 4.69) is 39.9 Å². The number of amides is 1. The lowest BCUT2D eigenvalue weighted by Crippen LogP contribution is -2.60. The van der Waals surface area contributed by atoms with Crippen LogP contribution in [-0.2, 0) is 14.2 Å². The van der Waals surface area contributed by atoms with Crippen molar-refractivity contribution in [3.8, 4) is 0 Å². The molecule has 0 bridgehead atoms. The largest absolute Gasteiger partial charge is 0.446 e. The Bertz CT molecular complexity index is 1220. The summed E-state index contributed by atoms with van der Waals surface area (Å²) < 4.78 is 32.3. The van der Waals surface area contributed by atoms with E-state index in [0.29, 0.717) is 50.5 Å². The highest BCUT2D eigenvalue weighted by molar-refractivity contribution is 5.67. The molecule has 7 rings (SSSR count). The molecule has 9 heteroatoms. The Kier molecular flexibility index (Phi) is 8.25. The number of alkyl carbamates (subject to hydrolysis) is 1. The van der Waals surface area contributed by atoms with Gasteiger partial charge in [-0.1, -0.05) is 34.6 Å². The molecule has 3 N–H and O–H groups in total. The molecule has 1 amide bonds. The van der Waals surface area contributed by atoms with Crippen LogP contribution >= 0.6 is 0 Å². The molecule has 7 aliphatic rings. The summed E-state index contributed by atoms with van der Waals surface area (Å²) >= 11 is 0. The minimum Gasteiger partial charge on any atom is -0.446 e. The van der Waals surface area contributed by atoms with Crippen LogP contribution in [0, 0.1) is 50.7 Å². The summed E-state index contributed by atoms with van der Waals surface area (Å²) in [6.45, 7) is 20.0. The number of aliphatic hydroxyl groups excluding tert-OH is 1. The summed E-state index contributed by atoms with van der Waals surface area (Å²) in [7, 11) is 0. The van der Waals surface area contributed by atoms with Gasteiger partial charge in [0, 0.05) is 43.6 Å². The van der Waals surface area contributed by atoms with Crippen molar-refractivity contribution in [2.75, 3.05) is 32.8 Å². The predicted octanol–water partition coefficient (Wildman–Crippen LogP) is 5.72. The van der Waals surface area contributed by atoms with Gasteiger partial charge >= 0.3 is 6.09 Å². The highest BCUT2D eigenvalue weighted by Crippen LogP contribution is 2.89. The Morgan fingerprint density at radius 3 is 2.43 bits per heavy atom. The number of aliphatic hydroxyl groups is 2. The molecule has 4 unspecified atom stereocenters. The van der Waals surface area contributed by atoms with E-state index in [1.165, 1.54) is 12.8 Å². The first-order valence-electron chi connectivity index (χ1n) is 18.9. The molecular formula is C38H63FN2O6. The molecule has 2 spiro atoms. The zero-order valence-electron chi connectivity index (χ0n) is 30.3. The fourth-order valence-electron chi connectivity index (χ4n) is 13.8. The minimum absolute atomic E-state index is 0.0288. The number of halogens is 1. The number of carbonyl (C=O) groups excluding carboxylic acids is 1. The molecule has 2 saturated heterocycles. The Morgan fingerprint density at radius 1 is 1.09 bits per heavy atom. The normalized spacial score (nSPS) is 49.3. The Hall–Kier alpha value is -1.00. The van der Waals surface area contributed by atoms with Gasteiger partial charge < -0.3 is 29.7 Å². The number of carbonyl (C=O) groups is 1. The maximum atomic E-state index is 13.1. The van der Waals surface area contributed by atoms with E-state index in [4.69, 9.17) is 14.2 Å². The average Bonchev–Trinajstić information content (AvgIpc) is 3.60. The monoisotopic (exact) mass is 662 g/mol. The number of fused-ring (bicyclic) bond motifs is 4. The van der Waals surface area contributed by atoms with Crippen molar-refractivity contribution >= 4 is 6.09 Å².